The lowest BCUT2D eigenvalue weighted by Crippen LogP contribution is -2.23. The van der Waals surface area contributed by atoms with Crippen molar-refractivity contribution in [2.45, 2.75) is 30.5 Å². The molecule has 2 N–H and O–H groups in total. The van der Waals surface area contributed by atoms with Crippen LogP contribution >= 0.6 is 0 Å². The zero-order chi connectivity index (χ0) is 20.1. The predicted octanol–water partition coefficient (Wildman–Crippen LogP) is 2.86. The fraction of sp³-hybridized carbons (Fsp3) is 0.278. The van der Waals surface area contributed by atoms with Crippen molar-refractivity contribution in [3.63, 3.8) is 0 Å². The molecule has 0 aliphatic carbocycles. The number of amides is 1. The van der Waals surface area contributed by atoms with Crippen molar-refractivity contribution < 1.29 is 26.4 Å². The quantitative estimate of drug-likeness (QED) is 0.751. The second kappa shape index (κ2) is 8.53. The molecule has 0 aliphatic heterocycles. The summed E-state index contributed by atoms with van der Waals surface area (Å²) >= 11 is 0. The van der Waals surface area contributed by atoms with Crippen LogP contribution in [0.5, 0.6) is 0 Å². The largest absolute Gasteiger partial charge is 0.416 e. The van der Waals surface area contributed by atoms with Gasteiger partial charge in [-0.25, -0.2) is 13.1 Å². The molecular formula is C18H19F3N2O3S. The third kappa shape index (κ3) is 6.07. The van der Waals surface area contributed by atoms with E-state index in [1.165, 1.54) is 31.3 Å². The minimum absolute atomic E-state index is 0.135. The maximum Gasteiger partial charge on any atom is 0.416 e. The van der Waals surface area contributed by atoms with Crippen molar-refractivity contribution in [3.8, 4) is 0 Å². The van der Waals surface area contributed by atoms with Crippen LogP contribution in [0.15, 0.2) is 53.4 Å². The number of nitrogens with one attached hydrogen (secondary N) is 2. The van der Waals surface area contributed by atoms with Gasteiger partial charge in [-0.1, -0.05) is 24.3 Å². The lowest BCUT2D eigenvalue weighted by Gasteiger charge is -2.09. The summed E-state index contributed by atoms with van der Waals surface area (Å²) in [6, 6.07) is 10.8. The van der Waals surface area contributed by atoms with Gasteiger partial charge in [-0.15, -0.1) is 0 Å². The number of benzene rings is 2. The van der Waals surface area contributed by atoms with E-state index >= 15 is 0 Å². The Hall–Kier alpha value is -2.39. The average molecular weight is 400 g/mol. The summed E-state index contributed by atoms with van der Waals surface area (Å²) in [5.74, 6) is -0.248. The van der Waals surface area contributed by atoms with E-state index < -0.39 is 21.8 Å². The summed E-state index contributed by atoms with van der Waals surface area (Å²) in [6.07, 6.45) is -3.79. The first-order valence-electron chi connectivity index (χ1n) is 8.07. The van der Waals surface area contributed by atoms with Crippen molar-refractivity contribution in [1.29, 1.82) is 0 Å². The lowest BCUT2D eigenvalue weighted by molar-refractivity contribution is -0.137. The molecule has 9 heteroatoms. The van der Waals surface area contributed by atoms with E-state index in [1.807, 2.05) is 0 Å². The summed E-state index contributed by atoms with van der Waals surface area (Å²) in [5, 5.41) is 2.65. The molecule has 146 valence electrons. The number of carbonyl (C=O) groups excluding carboxylic acids is 1. The van der Waals surface area contributed by atoms with Crippen LogP contribution in [-0.2, 0) is 34.0 Å². The van der Waals surface area contributed by atoms with E-state index in [1.54, 1.807) is 12.1 Å². The fourth-order valence-electron chi connectivity index (χ4n) is 2.31. The third-order valence-corrected chi connectivity index (χ3v) is 5.34. The molecule has 2 aromatic carbocycles. The van der Waals surface area contributed by atoms with E-state index in [0.29, 0.717) is 12.0 Å². The Morgan fingerprint density at radius 3 is 2.04 bits per heavy atom. The van der Waals surface area contributed by atoms with E-state index in [9.17, 15) is 26.4 Å². The number of sulfonamides is 1. The third-order valence-electron chi connectivity index (χ3n) is 3.91. The monoisotopic (exact) mass is 400 g/mol. The summed E-state index contributed by atoms with van der Waals surface area (Å²) in [4.78, 5) is 12.0. The number of hydrogen-bond donors (Lipinski definition) is 2. The van der Waals surface area contributed by atoms with Gasteiger partial charge < -0.3 is 5.32 Å². The molecule has 0 radical (unpaired) electrons. The molecule has 27 heavy (non-hydrogen) atoms. The van der Waals surface area contributed by atoms with Crippen molar-refractivity contribution in [3.05, 3.63) is 65.2 Å². The molecule has 0 unspecified atom stereocenters. The van der Waals surface area contributed by atoms with E-state index in [-0.39, 0.29) is 23.8 Å². The molecule has 0 atom stereocenters. The molecule has 0 saturated carbocycles. The first-order chi connectivity index (χ1) is 12.6. The number of carbonyl (C=O) groups is 1. The Morgan fingerprint density at radius 1 is 0.963 bits per heavy atom. The smallest absolute Gasteiger partial charge is 0.352 e. The Kier molecular flexibility index (Phi) is 6.61. The van der Waals surface area contributed by atoms with Gasteiger partial charge in [0.15, 0.2) is 0 Å². The Labute approximate surface area is 155 Å². The SMILES string of the molecule is CNS(=O)(=O)c1ccc(CCC(=O)NCc2ccc(C(F)(F)F)cc2)cc1. The number of halogens is 3. The second-order valence-corrected chi connectivity index (χ2v) is 7.71. The predicted molar refractivity (Wildman–Crippen MR) is 94.3 cm³/mol. The number of hydrogen-bond acceptors (Lipinski definition) is 3. The van der Waals surface area contributed by atoms with E-state index in [4.69, 9.17) is 0 Å². The van der Waals surface area contributed by atoms with E-state index in [2.05, 4.69) is 10.0 Å². The van der Waals surface area contributed by atoms with Crippen LogP contribution in [0.1, 0.15) is 23.1 Å². The van der Waals surface area contributed by atoms with Gasteiger partial charge in [-0.3, -0.25) is 4.79 Å². The van der Waals surface area contributed by atoms with E-state index in [0.717, 1.165) is 17.7 Å². The second-order valence-electron chi connectivity index (χ2n) is 5.82. The van der Waals surface area contributed by atoms with Crippen molar-refractivity contribution in [1.82, 2.24) is 10.0 Å². The van der Waals surface area contributed by atoms with Crippen LogP contribution < -0.4 is 10.0 Å². The minimum Gasteiger partial charge on any atom is -0.352 e. The zero-order valence-electron chi connectivity index (χ0n) is 14.5. The first-order valence-corrected chi connectivity index (χ1v) is 9.55. The standard InChI is InChI=1S/C18H19F3N2O3S/c1-22-27(25,26)16-9-4-13(5-10-16)6-11-17(24)23-12-14-2-7-15(8-3-14)18(19,20)21/h2-5,7-10,22H,6,11-12H2,1H3,(H,23,24). The highest BCUT2D eigenvalue weighted by Gasteiger charge is 2.29. The first kappa shape index (κ1) is 20.9. The minimum atomic E-state index is -4.39. The molecule has 0 fully saturated rings. The number of rotatable bonds is 7. The summed E-state index contributed by atoms with van der Waals surface area (Å²) in [6.45, 7) is 0.135. The van der Waals surface area contributed by atoms with Crippen molar-refractivity contribution >= 4 is 15.9 Å². The molecule has 0 heterocycles. The topological polar surface area (TPSA) is 75.3 Å². The summed E-state index contributed by atoms with van der Waals surface area (Å²) in [7, 11) is -2.17. The van der Waals surface area contributed by atoms with Gasteiger partial charge in [-0.05, 0) is 48.9 Å². The summed E-state index contributed by atoms with van der Waals surface area (Å²) < 4.78 is 63.0. The molecule has 5 nitrogen and oxygen atoms in total. The van der Waals surface area contributed by atoms with Gasteiger partial charge in [0, 0.05) is 13.0 Å². The molecule has 0 aliphatic rings. The molecule has 2 aromatic rings. The van der Waals surface area contributed by atoms with Crippen molar-refractivity contribution in [2.75, 3.05) is 7.05 Å². The number of alkyl halides is 3. The highest BCUT2D eigenvalue weighted by atomic mass is 32.2. The Balaban J connectivity index is 1.83. The molecular weight excluding hydrogens is 381 g/mol. The van der Waals surface area contributed by atoms with Crippen LogP contribution in [-0.4, -0.2) is 21.4 Å². The molecule has 0 spiro atoms. The average Bonchev–Trinajstić information content (AvgIpc) is 2.64. The number of aryl methyl sites for hydroxylation is 1. The molecule has 0 bridgehead atoms. The Morgan fingerprint density at radius 2 is 1.52 bits per heavy atom. The van der Waals surface area contributed by atoms with Crippen molar-refractivity contribution in [2.24, 2.45) is 0 Å². The van der Waals surface area contributed by atoms with Crippen LogP contribution in [0.2, 0.25) is 0 Å². The van der Waals surface area contributed by atoms with Gasteiger partial charge in [0.25, 0.3) is 0 Å². The highest BCUT2D eigenvalue weighted by Crippen LogP contribution is 2.29. The van der Waals surface area contributed by atoms with Gasteiger partial charge in [-0.2, -0.15) is 13.2 Å². The van der Waals surface area contributed by atoms with Crippen LogP contribution in [0.25, 0.3) is 0 Å². The van der Waals surface area contributed by atoms with Crippen LogP contribution in [0.3, 0.4) is 0 Å². The maximum absolute atomic E-state index is 12.5. The molecule has 0 saturated heterocycles. The maximum atomic E-state index is 12.5. The van der Waals surface area contributed by atoms with Crippen LogP contribution in [0.4, 0.5) is 13.2 Å². The molecule has 0 aromatic heterocycles. The summed E-state index contributed by atoms with van der Waals surface area (Å²) in [5.41, 5.74) is 0.633. The molecule has 2 rings (SSSR count). The fourth-order valence-corrected chi connectivity index (χ4v) is 3.04. The normalized spacial score (nSPS) is 12.0. The zero-order valence-corrected chi connectivity index (χ0v) is 15.3. The highest BCUT2D eigenvalue weighted by molar-refractivity contribution is 7.89. The van der Waals surface area contributed by atoms with Gasteiger partial charge in [0.1, 0.15) is 0 Å². The molecule has 1 amide bonds. The van der Waals surface area contributed by atoms with Crippen LogP contribution in [0, 0.1) is 0 Å². The van der Waals surface area contributed by atoms with Gasteiger partial charge in [0.05, 0.1) is 10.5 Å². The van der Waals surface area contributed by atoms with Gasteiger partial charge in [0.2, 0.25) is 15.9 Å². The Bertz CT molecular complexity index is 878. The van der Waals surface area contributed by atoms with Gasteiger partial charge >= 0.3 is 6.18 Å². The lowest BCUT2D eigenvalue weighted by atomic mass is 10.1.